The lowest BCUT2D eigenvalue weighted by molar-refractivity contribution is 0.667. The van der Waals surface area contributed by atoms with Crippen LogP contribution in [0.15, 0.2) is 209 Å². The summed E-state index contributed by atoms with van der Waals surface area (Å²) in [6.45, 7) is 0. The van der Waals surface area contributed by atoms with Crippen molar-refractivity contribution < 1.29 is 8.83 Å². The first-order chi connectivity index (χ1) is 30.7. The van der Waals surface area contributed by atoms with Gasteiger partial charge in [0.1, 0.15) is 28.0 Å². The summed E-state index contributed by atoms with van der Waals surface area (Å²) in [5, 5.41) is 2.86. The second kappa shape index (κ2) is 14.6. The predicted octanol–water partition coefficient (Wildman–Crippen LogP) is 14.1. The van der Waals surface area contributed by atoms with Gasteiger partial charge in [-0.05, 0) is 58.7 Å². The van der Waals surface area contributed by atoms with Crippen LogP contribution in [0, 0.1) is 0 Å². The van der Waals surface area contributed by atoms with Crippen molar-refractivity contribution >= 4 is 44.0 Å². The Morgan fingerprint density at radius 2 is 0.742 bits per heavy atom. The third kappa shape index (κ3) is 6.19. The van der Waals surface area contributed by atoms with Crippen LogP contribution in [-0.2, 0) is 0 Å². The van der Waals surface area contributed by atoms with E-state index in [1.165, 1.54) is 0 Å². The van der Waals surface area contributed by atoms with E-state index in [1.54, 1.807) is 0 Å². The number of benzene rings is 8. The molecule has 62 heavy (non-hydrogen) atoms. The maximum atomic E-state index is 6.65. The molecular weight excluding hydrogens is 763 g/mol. The summed E-state index contributed by atoms with van der Waals surface area (Å²) in [6, 6.07) is 67.6. The van der Waals surface area contributed by atoms with Gasteiger partial charge in [-0.1, -0.05) is 164 Å². The van der Waals surface area contributed by atoms with Crippen molar-refractivity contribution in [1.82, 2.24) is 24.9 Å². The molecule has 0 saturated carbocycles. The van der Waals surface area contributed by atoms with E-state index in [1.807, 2.05) is 115 Å². The summed E-state index contributed by atoms with van der Waals surface area (Å²) in [4.78, 5) is 25.4. The lowest BCUT2D eigenvalue weighted by Gasteiger charge is -2.09. The Balaban J connectivity index is 1.00. The quantitative estimate of drug-likeness (QED) is 0.159. The molecule has 12 rings (SSSR count). The van der Waals surface area contributed by atoms with Gasteiger partial charge in [-0.3, -0.25) is 0 Å². The van der Waals surface area contributed by atoms with Crippen molar-refractivity contribution in [2.75, 3.05) is 0 Å². The van der Waals surface area contributed by atoms with Gasteiger partial charge in [-0.2, -0.15) is 0 Å². The molecule has 0 N–H and O–H groups in total. The maximum Gasteiger partial charge on any atom is 0.180 e. The number of hydrogen-bond donors (Lipinski definition) is 0. The van der Waals surface area contributed by atoms with Crippen LogP contribution >= 0.6 is 0 Å². The van der Waals surface area contributed by atoms with Crippen LogP contribution in [0.1, 0.15) is 0 Å². The summed E-state index contributed by atoms with van der Waals surface area (Å²) in [7, 11) is 0. The van der Waals surface area contributed by atoms with Crippen molar-refractivity contribution in [2.45, 2.75) is 0 Å². The molecule has 0 aliphatic heterocycles. The van der Waals surface area contributed by atoms with Gasteiger partial charge < -0.3 is 8.83 Å². The van der Waals surface area contributed by atoms with E-state index in [2.05, 4.69) is 84.9 Å². The highest BCUT2D eigenvalue weighted by molar-refractivity contribution is 6.15. The lowest BCUT2D eigenvalue weighted by atomic mass is 9.98. The fourth-order valence-electron chi connectivity index (χ4n) is 8.31. The molecule has 0 atom stereocenters. The highest BCUT2D eigenvalue weighted by Gasteiger charge is 2.22. The van der Waals surface area contributed by atoms with E-state index in [9.17, 15) is 0 Å². The first-order valence-electron chi connectivity index (χ1n) is 20.5. The molecule has 0 saturated heterocycles. The second-order valence-corrected chi connectivity index (χ2v) is 15.2. The van der Waals surface area contributed by atoms with Crippen LogP contribution in [0.2, 0.25) is 0 Å². The summed E-state index contributed by atoms with van der Waals surface area (Å²) in [5.41, 5.74) is 13.3. The Morgan fingerprint density at radius 1 is 0.290 bits per heavy atom. The topological polar surface area (TPSA) is 90.7 Å². The Hall–Kier alpha value is -8.55. The molecule has 7 nitrogen and oxygen atoms in total. The number of rotatable bonds is 7. The highest BCUT2D eigenvalue weighted by Crippen LogP contribution is 2.42. The molecule has 0 bridgehead atoms. The molecule has 0 amide bonds. The number of aromatic nitrogens is 5. The molecule has 4 aromatic heterocycles. The molecule has 12 aromatic rings. The number of furan rings is 2. The third-order valence-corrected chi connectivity index (χ3v) is 11.4. The van der Waals surface area contributed by atoms with Crippen LogP contribution < -0.4 is 0 Å². The number of nitrogens with zero attached hydrogens (tertiary/aromatic N) is 5. The van der Waals surface area contributed by atoms with Gasteiger partial charge in [0.25, 0.3) is 0 Å². The molecule has 4 heterocycles. The molecular formula is C55H33N5O2. The third-order valence-electron chi connectivity index (χ3n) is 11.4. The summed E-state index contributed by atoms with van der Waals surface area (Å²) < 4.78 is 13.1. The van der Waals surface area contributed by atoms with Gasteiger partial charge in [0.05, 0.1) is 5.39 Å². The average Bonchev–Trinajstić information content (AvgIpc) is 3.92. The van der Waals surface area contributed by atoms with Gasteiger partial charge in [-0.15, -0.1) is 0 Å². The van der Waals surface area contributed by atoms with E-state index < -0.39 is 0 Å². The fraction of sp³-hybridized carbons (Fsp3) is 0. The first kappa shape index (κ1) is 35.4. The zero-order valence-electron chi connectivity index (χ0n) is 33.1. The Bertz CT molecular complexity index is 3610. The van der Waals surface area contributed by atoms with Crippen molar-refractivity contribution in [2.24, 2.45) is 0 Å². The molecule has 0 aliphatic rings. The van der Waals surface area contributed by atoms with Crippen LogP contribution in [0.3, 0.4) is 0 Å². The summed E-state index contributed by atoms with van der Waals surface area (Å²) in [6.07, 6.45) is 0. The van der Waals surface area contributed by atoms with E-state index in [0.717, 1.165) is 94.2 Å². The monoisotopic (exact) mass is 795 g/mol. The Kier molecular flexibility index (Phi) is 8.35. The minimum atomic E-state index is 0.575. The van der Waals surface area contributed by atoms with Crippen molar-refractivity contribution in [3.05, 3.63) is 200 Å². The second-order valence-electron chi connectivity index (χ2n) is 15.2. The minimum Gasteiger partial charge on any atom is -0.456 e. The van der Waals surface area contributed by atoms with Gasteiger partial charge in [0.2, 0.25) is 0 Å². The predicted molar refractivity (Wildman–Crippen MR) is 248 cm³/mol. The average molecular weight is 796 g/mol. The van der Waals surface area contributed by atoms with E-state index in [0.29, 0.717) is 28.9 Å². The van der Waals surface area contributed by atoms with Gasteiger partial charge in [0.15, 0.2) is 28.9 Å². The molecule has 7 heteroatoms. The number of fused-ring (bicyclic) bond motifs is 6. The molecule has 8 aromatic carbocycles. The summed E-state index contributed by atoms with van der Waals surface area (Å²) >= 11 is 0. The largest absolute Gasteiger partial charge is 0.456 e. The van der Waals surface area contributed by atoms with E-state index in [4.69, 9.17) is 33.8 Å². The maximum absolute atomic E-state index is 6.65. The van der Waals surface area contributed by atoms with Crippen LogP contribution in [0.4, 0.5) is 0 Å². The van der Waals surface area contributed by atoms with Crippen LogP contribution in [0.5, 0.6) is 0 Å². The molecule has 0 spiro atoms. The van der Waals surface area contributed by atoms with Gasteiger partial charge in [-0.25, -0.2) is 24.9 Å². The Labute approximate surface area is 355 Å². The first-order valence-corrected chi connectivity index (χ1v) is 20.5. The molecule has 0 aliphatic carbocycles. The molecule has 0 fully saturated rings. The van der Waals surface area contributed by atoms with Crippen LogP contribution in [-0.4, -0.2) is 24.9 Å². The zero-order valence-corrected chi connectivity index (χ0v) is 33.1. The van der Waals surface area contributed by atoms with E-state index >= 15 is 0 Å². The highest BCUT2D eigenvalue weighted by atomic mass is 16.3. The standard InChI is InChI=1S/C55H33N5O2/c1-5-14-34(15-6-1)35-24-26-39(27-25-35)54-58-53(38-20-11-4-12-21-38)59-55(60-54)41-29-31-46-44(33-41)43-32-40(28-30-45(43)61-46)42-22-13-23-47-48(42)50-51(62-47)49(36-16-7-2-8-17-36)56-52(57-50)37-18-9-3-10-19-37/h1-33H. The Morgan fingerprint density at radius 3 is 1.35 bits per heavy atom. The summed E-state index contributed by atoms with van der Waals surface area (Å²) in [5.74, 6) is 2.42. The normalized spacial score (nSPS) is 11.5. The smallest absolute Gasteiger partial charge is 0.180 e. The van der Waals surface area contributed by atoms with Gasteiger partial charge in [0, 0.05) is 38.6 Å². The van der Waals surface area contributed by atoms with E-state index in [-0.39, 0.29) is 0 Å². The van der Waals surface area contributed by atoms with Crippen molar-refractivity contribution in [3.8, 4) is 79.1 Å². The number of hydrogen-bond acceptors (Lipinski definition) is 7. The van der Waals surface area contributed by atoms with Crippen LogP contribution in [0.25, 0.3) is 123 Å². The SMILES string of the molecule is c1ccc(-c2ccc(-c3nc(-c4ccccc4)nc(-c4ccc5oc6ccc(-c7cccc8oc9c(-c%10ccccc%10)nc(-c%10ccccc%10)nc9c78)cc6c5c4)n3)cc2)cc1. The molecule has 290 valence electrons. The van der Waals surface area contributed by atoms with Gasteiger partial charge >= 0.3 is 0 Å². The lowest BCUT2D eigenvalue weighted by Crippen LogP contribution is -2.00. The molecule has 0 unspecified atom stereocenters. The molecule has 0 radical (unpaired) electrons. The zero-order chi connectivity index (χ0) is 41.0. The fourth-order valence-corrected chi connectivity index (χ4v) is 8.31. The minimum absolute atomic E-state index is 0.575. The van der Waals surface area contributed by atoms with Crippen molar-refractivity contribution in [1.29, 1.82) is 0 Å². The van der Waals surface area contributed by atoms with Crippen molar-refractivity contribution in [3.63, 3.8) is 0 Å².